The van der Waals surface area contributed by atoms with Crippen LogP contribution in [0.5, 0.6) is 0 Å². The van der Waals surface area contributed by atoms with E-state index in [1.807, 2.05) is 0 Å². The maximum Gasteiger partial charge on any atom is 0.325 e. The molecule has 2 fully saturated rings. The van der Waals surface area contributed by atoms with Crippen LogP contribution in [0.15, 0.2) is 0 Å². The molecule has 0 aromatic heterocycles. The third-order valence-electron chi connectivity index (χ3n) is 3.50. The molecule has 0 aromatic rings. The van der Waals surface area contributed by atoms with E-state index in [1.165, 1.54) is 4.90 Å². The summed E-state index contributed by atoms with van der Waals surface area (Å²) in [6.45, 7) is 3.17. The summed E-state index contributed by atoms with van der Waals surface area (Å²) in [7, 11) is 1.64. The Kier molecular flexibility index (Phi) is 4.73. The van der Waals surface area contributed by atoms with Gasteiger partial charge in [0.05, 0.1) is 13.2 Å². The Morgan fingerprint density at radius 1 is 1.32 bits per heavy atom. The summed E-state index contributed by atoms with van der Waals surface area (Å²) in [5.74, 6) is -0.136. The van der Waals surface area contributed by atoms with Gasteiger partial charge >= 0.3 is 6.03 Å². The van der Waals surface area contributed by atoms with E-state index in [2.05, 4.69) is 10.6 Å². The van der Waals surface area contributed by atoms with Crippen LogP contribution in [0.1, 0.15) is 12.8 Å². The minimum Gasteiger partial charge on any atom is -0.385 e. The molecule has 7 heteroatoms. The third-order valence-corrected chi connectivity index (χ3v) is 3.50. The van der Waals surface area contributed by atoms with Crippen LogP contribution in [-0.2, 0) is 14.3 Å². The first-order valence-electron chi connectivity index (χ1n) is 6.61. The Hall–Kier alpha value is -1.18. The van der Waals surface area contributed by atoms with Crippen molar-refractivity contribution in [2.75, 3.05) is 46.6 Å². The highest BCUT2D eigenvalue weighted by Gasteiger charge is 2.52. The largest absolute Gasteiger partial charge is 0.385 e. The molecule has 0 saturated carbocycles. The fraction of sp³-hybridized carbons (Fsp3) is 0.833. The summed E-state index contributed by atoms with van der Waals surface area (Å²) in [6.07, 6.45) is 1.47. The lowest BCUT2D eigenvalue weighted by Gasteiger charge is -2.19. The lowest BCUT2D eigenvalue weighted by atomic mass is 9.99. The van der Waals surface area contributed by atoms with Gasteiger partial charge in [0.2, 0.25) is 0 Å². The van der Waals surface area contributed by atoms with E-state index >= 15 is 0 Å². The molecule has 0 radical (unpaired) electrons. The molecule has 1 spiro atoms. The van der Waals surface area contributed by atoms with Crippen molar-refractivity contribution in [1.82, 2.24) is 15.5 Å². The van der Waals surface area contributed by atoms with Gasteiger partial charge in [0.15, 0.2) is 0 Å². The van der Waals surface area contributed by atoms with Gasteiger partial charge < -0.3 is 20.1 Å². The highest BCUT2D eigenvalue weighted by atomic mass is 16.5. The Labute approximate surface area is 112 Å². The van der Waals surface area contributed by atoms with Crippen molar-refractivity contribution >= 4 is 11.9 Å². The third kappa shape index (κ3) is 3.05. The molecule has 2 aliphatic heterocycles. The zero-order valence-corrected chi connectivity index (χ0v) is 11.2. The number of carbonyl (C=O) groups is 2. The second kappa shape index (κ2) is 6.31. The average Bonchev–Trinajstić information content (AvgIpc) is 2.94. The Morgan fingerprint density at radius 3 is 2.84 bits per heavy atom. The van der Waals surface area contributed by atoms with Crippen LogP contribution < -0.4 is 10.6 Å². The topological polar surface area (TPSA) is 79.9 Å². The molecule has 2 rings (SSSR count). The molecule has 1 atom stereocenters. The molecule has 0 aliphatic carbocycles. The van der Waals surface area contributed by atoms with Gasteiger partial charge in [-0.15, -0.1) is 0 Å². The molecule has 0 aromatic carbocycles. The first-order chi connectivity index (χ1) is 9.19. The van der Waals surface area contributed by atoms with Gasteiger partial charge in [-0.2, -0.15) is 0 Å². The van der Waals surface area contributed by atoms with Crippen molar-refractivity contribution in [3.8, 4) is 0 Å². The summed E-state index contributed by atoms with van der Waals surface area (Å²) in [6, 6.07) is -0.311. The van der Waals surface area contributed by atoms with E-state index in [4.69, 9.17) is 9.47 Å². The van der Waals surface area contributed by atoms with Gasteiger partial charge in [-0.05, 0) is 19.4 Å². The van der Waals surface area contributed by atoms with E-state index in [0.717, 1.165) is 13.0 Å². The molecule has 0 bridgehead atoms. The highest BCUT2D eigenvalue weighted by Crippen LogP contribution is 2.23. The monoisotopic (exact) mass is 271 g/mol. The van der Waals surface area contributed by atoms with E-state index in [0.29, 0.717) is 39.3 Å². The molecule has 1 unspecified atom stereocenters. The molecule has 7 nitrogen and oxygen atoms in total. The normalized spacial score (nSPS) is 26.5. The van der Waals surface area contributed by atoms with Crippen LogP contribution >= 0.6 is 0 Å². The molecule has 2 saturated heterocycles. The predicted molar refractivity (Wildman–Crippen MR) is 67.8 cm³/mol. The van der Waals surface area contributed by atoms with Crippen molar-refractivity contribution in [2.45, 2.75) is 18.4 Å². The fourth-order valence-corrected chi connectivity index (χ4v) is 2.42. The number of rotatable bonds is 7. The second-order valence-electron chi connectivity index (χ2n) is 4.85. The van der Waals surface area contributed by atoms with E-state index < -0.39 is 5.54 Å². The van der Waals surface area contributed by atoms with E-state index in [9.17, 15) is 9.59 Å². The standard InChI is InChI=1S/C12H21N3O4/c1-18-6-2-7-19-8-5-15-10(16)12(14-11(15)17)3-4-13-9-12/h13H,2-9H2,1H3,(H,14,17). The van der Waals surface area contributed by atoms with Gasteiger partial charge in [-0.1, -0.05) is 0 Å². The number of nitrogens with one attached hydrogen (secondary N) is 2. The first-order valence-corrected chi connectivity index (χ1v) is 6.61. The summed E-state index contributed by atoms with van der Waals surface area (Å²) >= 11 is 0. The molecular formula is C12H21N3O4. The molecule has 2 aliphatic rings. The molecule has 19 heavy (non-hydrogen) atoms. The van der Waals surface area contributed by atoms with Gasteiger partial charge in [0.1, 0.15) is 5.54 Å². The number of carbonyl (C=O) groups excluding carboxylic acids is 2. The summed E-state index contributed by atoms with van der Waals surface area (Å²) in [5.41, 5.74) is -0.715. The van der Waals surface area contributed by atoms with Crippen LogP contribution in [0.4, 0.5) is 4.79 Å². The highest BCUT2D eigenvalue weighted by molar-refractivity contribution is 6.07. The van der Waals surface area contributed by atoms with Crippen LogP contribution in [-0.4, -0.2) is 68.9 Å². The minimum atomic E-state index is -0.715. The first kappa shape index (κ1) is 14.2. The number of nitrogens with zero attached hydrogens (tertiary/aromatic N) is 1. The van der Waals surface area contributed by atoms with Gasteiger partial charge in [-0.25, -0.2) is 4.79 Å². The number of methoxy groups -OCH3 is 1. The number of amides is 3. The molecule has 108 valence electrons. The summed E-state index contributed by atoms with van der Waals surface area (Å²) in [4.78, 5) is 25.3. The minimum absolute atomic E-state index is 0.136. The lowest BCUT2D eigenvalue weighted by Crippen LogP contribution is -2.48. The van der Waals surface area contributed by atoms with Gasteiger partial charge in [-0.3, -0.25) is 9.69 Å². The number of urea groups is 1. The molecular weight excluding hydrogens is 250 g/mol. The Bertz CT molecular complexity index is 342. The number of ether oxygens (including phenoxy) is 2. The average molecular weight is 271 g/mol. The molecule has 2 heterocycles. The SMILES string of the molecule is COCCCOCCN1C(=O)NC2(CCNC2)C1=O. The lowest BCUT2D eigenvalue weighted by molar-refractivity contribution is -0.131. The van der Waals surface area contributed by atoms with Crippen LogP contribution in [0.3, 0.4) is 0 Å². The van der Waals surface area contributed by atoms with E-state index in [1.54, 1.807) is 7.11 Å². The maximum absolute atomic E-state index is 12.2. The van der Waals surface area contributed by atoms with Crippen molar-refractivity contribution < 1.29 is 19.1 Å². The smallest absolute Gasteiger partial charge is 0.325 e. The molecule has 2 N–H and O–H groups in total. The Balaban J connectivity index is 1.74. The quantitative estimate of drug-likeness (QED) is 0.474. The van der Waals surface area contributed by atoms with Crippen molar-refractivity contribution in [2.24, 2.45) is 0 Å². The Morgan fingerprint density at radius 2 is 2.16 bits per heavy atom. The maximum atomic E-state index is 12.2. The van der Waals surface area contributed by atoms with Crippen LogP contribution in [0.2, 0.25) is 0 Å². The van der Waals surface area contributed by atoms with E-state index in [-0.39, 0.29) is 11.9 Å². The van der Waals surface area contributed by atoms with Crippen LogP contribution in [0, 0.1) is 0 Å². The number of hydrogen-bond donors (Lipinski definition) is 2. The van der Waals surface area contributed by atoms with Crippen LogP contribution in [0.25, 0.3) is 0 Å². The van der Waals surface area contributed by atoms with Crippen molar-refractivity contribution in [3.63, 3.8) is 0 Å². The summed E-state index contributed by atoms with van der Waals surface area (Å²) < 4.78 is 10.3. The molecule has 3 amide bonds. The number of imide groups is 1. The van der Waals surface area contributed by atoms with Crippen molar-refractivity contribution in [3.05, 3.63) is 0 Å². The van der Waals surface area contributed by atoms with Gasteiger partial charge in [0.25, 0.3) is 5.91 Å². The number of hydrogen-bond acceptors (Lipinski definition) is 5. The zero-order valence-electron chi connectivity index (χ0n) is 11.2. The predicted octanol–water partition coefficient (Wildman–Crippen LogP) is -0.677. The zero-order chi connectivity index (χ0) is 13.7. The summed E-state index contributed by atoms with van der Waals surface area (Å²) in [5, 5.41) is 5.90. The second-order valence-corrected chi connectivity index (χ2v) is 4.85. The van der Waals surface area contributed by atoms with Gasteiger partial charge in [0, 0.05) is 26.9 Å². The van der Waals surface area contributed by atoms with Crippen molar-refractivity contribution in [1.29, 1.82) is 0 Å². The fourth-order valence-electron chi connectivity index (χ4n) is 2.42.